The van der Waals surface area contributed by atoms with Crippen molar-refractivity contribution in [1.82, 2.24) is 0 Å². The Hall–Kier alpha value is -1.59. The zero-order valence-corrected chi connectivity index (χ0v) is 11.2. The number of benzene rings is 1. The minimum Gasteiger partial charge on any atom is -0.491 e. The Balaban J connectivity index is 2.39. The lowest BCUT2D eigenvalue weighted by Gasteiger charge is -2.15. The molecule has 1 aromatic carbocycles. The number of hydrogen-bond donors (Lipinski definition) is 3. The van der Waals surface area contributed by atoms with Crippen LogP contribution in [0.2, 0.25) is 0 Å². The van der Waals surface area contributed by atoms with Gasteiger partial charge in [0.1, 0.15) is 12.4 Å². The molecule has 106 valence electrons. The second-order valence-corrected chi connectivity index (χ2v) is 4.83. The lowest BCUT2D eigenvalue weighted by molar-refractivity contribution is -0.117. The molecule has 0 aliphatic rings. The molecule has 1 aromatic rings. The van der Waals surface area contributed by atoms with Crippen LogP contribution in [0.3, 0.4) is 0 Å². The van der Waals surface area contributed by atoms with E-state index in [0.29, 0.717) is 18.7 Å². The van der Waals surface area contributed by atoms with E-state index in [0.717, 1.165) is 5.56 Å². The van der Waals surface area contributed by atoms with Crippen molar-refractivity contribution in [1.29, 1.82) is 0 Å². The molecule has 0 saturated heterocycles. The van der Waals surface area contributed by atoms with Crippen LogP contribution in [-0.4, -0.2) is 30.3 Å². The van der Waals surface area contributed by atoms with Crippen LogP contribution in [0.15, 0.2) is 24.3 Å². The lowest BCUT2D eigenvalue weighted by atomic mass is 10.0. The van der Waals surface area contributed by atoms with Crippen LogP contribution in [0, 0.1) is 5.92 Å². The number of ether oxygens (including phenoxy) is 1. The molecular weight excluding hydrogens is 244 g/mol. The zero-order valence-electron chi connectivity index (χ0n) is 11.2. The van der Waals surface area contributed by atoms with E-state index in [1.165, 1.54) is 0 Å². The summed E-state index contributed by atoms with van der Waals surface area (Å²) in [6, 6.07) is 7.10. The van der Waals surface area contributed by atoms with Crippen molar-refractivity contribution in [2.24, 2.45) is 17.4 Å². The summed E-state index contributed by atoms with van der Waals surface area (Å²) in [6.45, 7) is 2.78. The van der Waals surface area contributed by atoms with Gasteiger partial charge < -0.3 is 21.3 Å². The summed E-state index contributed by atoms with van der Waals surface area (Å²) in [6.07, 6.45) is 0.316. The molecule has 0 bridgehead atoms. The third-order valence-corrected chi connectivity index (χ3v) is 2.82. The van der Waals surface area contributed by atoms with Crippen molar-refractivity contribution in [3.63, 3.8) is 0 Å². The van der Waals surface area contributed by atoms with Crippen LogP contribution in [-0.2, 0) is 11.2 Å². The predicted octanol–water partition coefficient (Wildman–Crippen LogP) is 0.439. The van der Waals surface area contributed by atoms with Gasteiger partial charge in [-0.25, -0.2) is 0 Å². The molecule has 19 heavy (non-hydrogen) atoms. The highest BCUT2D eigenvalue weighted by molar-refractivity contribution is 5.76. The minimum atomic E-state index is -0.524. The molecule has 0 heterocycles. The van der Waals surface area contributed by atoms with Gasteiger partial charge in [-0.1, -0.05) is 19.1 Å². The topological polar surface area (TPSA) is 98.6 Å². The average Bonchev–Trinajstić information content (AvgIpc) is 2.37. The maximum atomic E-state index is 10.7. The quantitative estimate of drug-likeness (QED) is 0.635. The summed E-state index contributed by atoms with van der Waals surface area (Å²) in [5, 5.41) is 9.74. The maximum Gasteiger partial charge on any atom is 0.221 e. The van der Waals surface area contributed by atoms with E-state index < -0.39 is 6.10 Å². The highest BCUT2D eigenvalue weighted by Crippen LogP contribution is 2.14. The minimum absolute atomic E-state index is 0.219. The van der Waals surface area contributed by atoms with E-state index in [2.05, 4.69) is 0 Å². The Kier molecular flexibility index (Phi) is 6.32. The number of amides is 1. The van der Waals surface area contributed by atoms with Crippen LogP contribution in [0.5, 0.6) is 5.75 Å². The molecule has 1 rings (SSSR count). The van der Waals surface area contributed by atoms with Crippen molar-refractivity contribution in [2.45, 2.75) is 25.9 Å². The molecule has 0 spiro atoms. The highest BCUT2D eigenvalue weighted by Gasteiger charge is 2.10. The fourth-order valence-corrected chi connectivity index (χ4v) is 1.73. The number of carbonyl (C=O) groups excluding carboxylic acids is 1. The molecule has 2 atom stereocenters. The first-order chi connectivity index (χ1) is 9.01. The smallest absolute Gasteiger partial charge is 0.221 e. The van der Waals surface area contributed by atoms with Gasteiger partial charge in [0.05, 0.1) is 12.5 Å². The summed E-state index contributed by atoms with van der Waals surface area (Å²) in [5.74, 6) is 0.573. The average molecular weight is 266 g/mol. The fourth-order valence-electron chi connectivity index (χ4n) is 1.73. The van der Waals surface area contributed by atoms with E-state index in [-0.39, 0.29) is 24.9 Å². The maximum absolute atomic E-state index is 10.7. The second kappa shape index (κ2) is 7.76. The van der Waals surface area contributed by atoms with E-state index in [1.807, 2.05) is 6.92 Å². The molecule has 2 unspecified atom stereocenters. The number of carbonyl (C=O) groups is 1. The van der Waals surface area contributed by atoms with Crippen molar-refractivity contribution >= 4 is 5.91 Å². The standard InChI is InChI=1S/C14H22N2O3/c1-10(8-15)6-12(17)9-19-13-4-2-11(3-5-13)7-14(16)18/h2-5,10,12,17H,6-9,15H2,1H3,(H2,16,18). The van der Waals surface area contributed by atoms with Gasteiger partial charge in [-0.15, -0.1) is 0 Å². The molecule has 5 heteroatoms. The summed E-state index contributed by atoms with van der Waals surface area (Å²) >= 11 is 0. The molecular formula is C14H22N2O3. The Morgan fingerprint density at radius 1 is 1.37 bits per heavy atom. The van der Waals surface area contributed by atoms with Gasteiger partial charge >= 0.3 is 0 Å². The van der Waals surface area contributed by atoms with Crippen LogP contribution in [0.4, 0.5) is 0 Å². The summed E-state index contributed by atoms with van der Waals surface area (Å²) in [5.41, 5.74) is 11.4. The highest BCUT2D eigenvalue weighted by atomic mass is 16.5. The van der Waals surface area contributed by atoms with Gasteiger partial charge in [0.2, 0.25) is 5.91 Å². The molecule has 5 nitrogen and oxygen atoms in total. The van der Waals surface area contributed by atoms with Gasteiger partial charge in [-0.2, -0.15) is 0 Å². The zero-order chi connectivity index (χ0) is 14.3. The van der Waals surface area contributed by atoms with Crippen LogP contribution in [0.25, 0.3) is 0 Å². The number of aliphatic hydroxyl groups excluding tert-OH is 1. The molecule has 0 aliphatic carbocycles. The molecule has 1 amide bonds. The van der Waals surface area contributed by atoms with Crippen molar-refractivity contribution in [2.75, 3.05) is 13.2 Å². The number of rotatable bonds is 8. The van der Waals surface area contributed by atoms with Crippen molar-refractivity contribution in [3.05, 3.63) is 29.8 Å². The first kappa shape index (κ1) is 15.5. The molecule has 5 N–H and O–H groups in total. The summed E-state index contributed by atoms with van der Waals surface area (Å²) in [4.78, 5) is 10.7. The SMILES string of the molecule is CC(CN)CC(O)COc1ccc(CC(N)=O)cc1. The first-order valence-corrected chi connectivity index (χ1v) is 6.39. The van der Waals surface area contributed by atoms with Crippen LogP contribution < -0.4 is 16.2 Å². The molecule has 0 saturated carbocycles. The van der Waals surface area contributed by atoms with Gasteiger partial charge in [-0.05, 0) is 36.6 Å². The predicted molar refractivity (Wildman–Crippen MR) is 73.7 cm³/mol. The van der Waals surface area contributed by atoms with Gasteiger partial charge in [0, 0.05) is 0 Å². The van der Waals surface area contributed by atoms with E-state index in [1.54, 1.807) is 24.3 Å². The molecule has 0 radical (unpaired) electrons. The monoisotopic (exact) mass is 266 g/mol. The van der Waals surface area contributed by atoms with E-state index in [4.69, 9.17) is 16.2 Å². The molecule has 0 aliphatic heterocycles. The molecule has 0 aromatic heterocycles. The fraction of sp³-hybridized carbons (Fsp3) is 0.500. The summed E-state index contributed by atoms with van der Waals surface area (Å²) < 4.78 is 5.47. The second-order valence-electron chi connectivity index (χ2n) is 4.83. The third kappa shape index (κ3) is 6.22. The number of aliphatic hydroxyl groups is 1. The van der Waals surface area contributed by atoms with E-state index >= 15 is 0 Å². The van der Waals surface area contributed by atoms with Crippen LogP contribution in [0.1, 0.15) is 18.9 Å². The lowest BCUT2D eigenvalue weighted by Crippen LogP contribution is -2.23. The summed E-state index contributed by atoms with van der Waals surface area (Å²) in [7, 11) is 0. The van der Waals surface area contributed by atoms with Crippen molar-refractivity contribution < 1.29 is 14.6 Å². The largest absolute Gasteiger partial charge is 0.491 e. The Morgan fingerprint density at radius 2 is 2.00 bits per heavy atom. The van der Waals surface area contributed by atoms with Gasteiger partial charge in [0.25, 0.3) is 0 Å². The Morgan fingerprint density at radius 3 is 2.53 bits per heavy atom. The molecule has 0 fully saturated rings. The third-order valence-electron chi connectivity index (χ3n) is 2.82. The Labute approximate surface area is 113 Å². The normalized spacial score (nSPS) is 13.8. The van der Waals surface area contributed by atoms with Crippen LogP contribution >= 0.6 is 0 Å². The van der Waals surface area contributed by atoms with E-state index in [9.17, 15) is 9.90 Å². The van der Waals surface area contributed by atoms with Gasteiger partial charge in [-0.3, -0.25) is 4.79 Å². The first-order valence-electron chi connectivity index (χ1n) is 6.39. The Bertz CT molecular complexity index is 392. The number of hydrogen-bond acceptors (Lipinski definition) is 4. The number of primary amides is 1. The van der Waals surface area contributed by atoms with Crippen molar-refractivity contribution in [3.8, 4) is 5.75 Å². The van der Waals surface area contributed by atoms with Gasteiger partial charge in [0.15, 0.2) is 0 Å². The number of nitrogens with two attached hydrogens (primary N) is 2.